The lowest BCUT2D eigenvalue weighted by molar-refractivity contribution is -0.131. The molecular weight excluding hydrogens is 300 g/mol. The molecule has 1 atom stereocenters. The van der Waals surface area contributed by atoms with Crippen LogP contribution in [0.25, 0.3) is 0 Å². The second kappa shape index (κ2) is 7.24. The fourth-order valence-corrected chi connectivity index (χ4v) is 3.80. The molecule has 0 aromatic heterocycles. The molecule has 2 rings (SSSR count). The molecule has 0 saturated carbocycles. The lowest BCUT2D eigenvalue weighted by atomic mass is 10.1. The average Bonchev–Trinajstić information content (AvgIpc) is 2.53. The molecule has 0 aliphatic carbocycles. The maximum absolute atomic E-state index is 12.3. The van der Waals surface area contributed by atoms with Crippen LogP contribution in [0.4, 0.5) is 0 Å². The van der Waals surface area contributed by atoms with Crippen molar-refractivity contribution in [3.63, 3.8) is 0 Å². The second-order valence-corrected chi connectivity index (χ2v) is 7.89. The van der Waals surface area contributed by atoms with Crippen molar-refractivity contribution in [2.75, 3.05) is 25.4 Å². The van der Waals surface area contributed by atoms with Crippen LogP contribution >= 0.6 is 0 Å². The smallest absolute Gasteiger partial charge is 0.223 e. The Balaban J connectivity index is 1.94. The number of carbonyl (C=O) groups excluding carboxylic acids is 1. The molecule has 1 aromatic rings. The molecule has 5 nitrogen and oxygen atoms in total. The third kappa shape index (κ3) is 4.30. The van der Waals surface area contributed by atoms with E-state index in [-0.39, 0.29) is 23.0 Å². The number of hydrogen-bond donors (Lipinski definition) is 1. The van der Waals surface area contributed by atoms with Crippen LogP contribution in [0.3, 0.4) is 0 Å². The van der Waals surface area contributed by atoms with Crippen LogP contribution in [0.15, 0.2) is 29.2 Å². The van der Waals surface area contributed by atoms with Gasteiger partial charge in [-0.05, 0) is 25.5 Å². The Hall–Kier alpha value is -1.40. The third-order valence-corrected chi connectivity index (χ3v) is 5.80. The maximum atomic E-state index is 12.3. The Labute approximate surface area is 132 Å². The average molecular weight is 324 g/mol. The van der Waals surface area contributed by atoms with Gasteiger partial charge < -0.3 is 10.2 Å². The third-order valence-electron chi connectivity index (χ3n) is 4.07. The van der Waals surface area contributed by atoms with E-state index in [0.717, 1.165) is 18.5 Å². The Morgan fingerprint density at radius 3 is 2.64 bits per heavy atom. The molecule has 0 bridgehead atoms. The molecule has 122 valence electrons. The minimum atomic E-state index is -3.39. The van der Waals surface area contributed by atoms with Crippen LogP contribution in [0.1, 0.15) is 25.3 Å². The van der Waals surface area contributed by atoms with Crippen LogP contribution in [-0.2, 0) is 14.6 Å². The first-order valence-electron chi connectivity index (χ1n) is 7.73. The number of hydrogen-bond acceptors (Lipinski definition) is 4. The maximum Gasteiger partial charge on any atom is 0.223 e. The van der Waals surface area contributed by atoms with Crippen LogP contribution in [0.5, 0.6) is 0 Å². The molecule has 1 amide bonds. The van der Waals surface area contributed by atoms with E-state index in [9.17, 15) is 13.2 Å². The lowest BCUT2D eigenvalue weighted by Gasteiger charge is -2.33. The van der Waals surface area contributed by atoms with Gasteiger partial charge in [0.25, 0.3) is 0 Å². The number of rotatable bonds is 5. The Morgan fingerprint density at radius 1 is 1.32 bits per heavy atom. The van der Waals surface area contributed by atoms with Gasteiger partial charge in [-0.2, -0.15) is 0 Å². The summed E-state index contributed by atoms with van der Waals surface area (Å²) in [6, 6.07) is 7.07. The van der Waals surface area contributed by atoms with Crippen LogP contribution in [0, 0.1) is 6.92 Å². The number of nitrogens with zero attached hydrogens (tertiary/aromatic N) is 1. The molecule has 1 N–H and O–H groups in total. The first-order valence-corrected chi connectivity index (χ1v) is 9.38. The summed E-state index contributed by atoms with van der Waals surface area (Å²) in [7, 11) is -3.39. The van der Waals surface area contributed by atoms with Crippen molar-refractivity contribution >= 4 is 15.7 Å². The van der Waals surface area contributed by atoms with E-state index in [0.29, 0.717) is 19.1 Å². The van der Waals surface area contributed by atoms with Gasteiger partial charge >= 0.3 is 0 Å². The zero-order valence-electron chi connectivity index (χ0n) is 13.2. The van der Waals surface area contributed by atoms with Crippen molar-refractivity contribution in [3.05, 3.63) is 29.8 Å². The molecule has 0 unspecified atom stereocenters. The number of aryl methyl sites for hydroxylation is 1. The fourth-order valence-electron chi connectivity index (χ4n) is 2.57. The van der Waals surface area contributed by atoms with Crippen molar-refractivity contribution < 1.29 is 13.2 Å². The van der Waals surface area contributed by atoms with Crippen LogP contribution in [-0.4, -0.2) is 50.7 Å². The summed E-state index contributed by atoms with van der Waals surface area (Å²) in [5, 5.41) is 3.34. The van der Waals surface area contributed by atoms with E-state index in [1.807, 2.05) is 6.92 Å². The van der Waals surface area contributed by atoms with Crippen LogP contribution < -0.4 is 5.32 Å². The molecule has 1 saturated heterocycles. The quantitative estimate of drug-likeness (QED) is 0.888. The minimum absolute atomic E-state index is 0.0483. The molecule has 1 heterocycles. The highest BCUT2D eigenvalue weighted by Gasteiger charge is 2.24. The largest absolute Gasteiger partial charge is 0.340 e. The van der Waals surface area contributed by atoms with E-state index in [4.69, 9.17) is 0 Å². The van der Waals surface area contributed by atoms with Crippen molar-refractivity contribution in [3.8, 4) is 0 Å². The van der Waals surface area contributed by atoms with Gasteiger partial charge in [-0.25, -0.2) is 8.42 Å². The van der Waals surface area contributed by atoms with Gasteiger partial charge in [0.15, 0.2) is 9.84 Å². The molecule has 1 fully saturated rings. The highest BCUT2D eigenvalue weighted by molar-refractivity contribution is 7.91. The molecule has 0 radical (unpaired) electrons. The standard InChI is InChI=1S/C16H24N2O3S/c1-3-14-12-18(10-9-17-14)16(19)8-11-22(20,21)15-6-4-13(2)5-7-15/h4-7,14,17H,3,8-12H2,1-2H3/t14-/m0/s1. The molecule has 1 aliphatic rings. The monoisotopic (exact) mass is 324 g/mol. The Kier molecular flexibility index (Phi) is 5.58. The summed E-state index contributed by atoms with van der Waals surface area (Å²) in [5.41, 5.74) is 1.02. The summed E-state index contributed by atoms with van der Waals surface area (Å²) in [5.74, 6) is -0.203. The molecule has 1 aromatic carbocycles. The molecule has 6 heteroatoms. The van der Waals surface area contributed by atoms with Gasteiger partial charge in [0.05, 0.1) is 10.6 Å². The first kappa shape index (κ1) is 17.0. The summed E-state index contributed by atoms with van der Waals surface area (Å²) in [6.07, 6.45) is 1.01. The number of amides is 1. The first-order chi connectivity index (χ1) is 10.4. The number of benzene rings is 1. The van der Waals surface area contributed by atoms with Gasteiger partial charge in [-0.3, -0.25) is 4.79 Å². The predicted octanol–water partition coefficient (Wildman–Crippen LogP) is 1.37. The van der Waals surface area contributed by atoms with Crippen molar-refractivity contribution in [1.29, 1.82) is 0 Å². The topological polar surface area (TPSA) is 66.5 Å². The Bertz CT molecular complexity index is 611. The van der Waals surface area contributed by atoms with Gasteiger partial charge in [-0.15, -0.1) is 0 Å². The van der Waals surface area contributed by atoms with Gasteiger partial charge in [0, 0.05) is 32.1 Å². The van der Waals surface area contributed by atoms with E-state index in [1.54, 1.807) is 29.2 Å². The normalized spacial score (nSPS) is 19.2. The number of sulfone groups is 1. The summed E-state index contributed by atoms with van der Waals surface area (Å²) in [4.78, 5) is 14.3. The van der Waals surface area contributed by atoms with Crippen molar-refractivity contribution in [2.45, 2.75) is 37.6 Å². The minimum Gasteiger partial charge on any atom is -0.340 e. The highest BCUT2D eigenvalue weighted by Crippen LogP contribution is 2.14. The number of nitrogens with one attached hydrogen (secondary N) is 1. The molecule has 22 heavy (non-hydrogen) atoms. The zero-order chi connectivity index (χ0) is 16.2. The van der Waals surface area contributed by atoms with Crippen LogP contribution in [0.2, 0.25) is 0 Å². The SMILES string of the molecule is CC[C@H]1CN(C(=O)CCS(=O)(=O)c2ccc(C)cc2)CCN1. The number of carbonyl (C=O) groups is 1. The van der Waals surface area contributed by atoms with Crippen molar-refractivity contribution in [2.24, 2.45) is 0 Å². The van der Waals surface area contributed by atoms with E-state index in [2.05, 4.69) is 12.2 Å². The molecular formula is C16H24N2O3S. The van der Waals surface area contributed by atoms with Gasteiger partial charge in [0.1, 0.15) is 0 Å². The Morgan fingerprint density at radius 2 is 2.00 bits per heavy atom. The molecule has 1 aliphatic heterocycles. The molecule has 0 spiro atoms. The summed E-state index contributed by atoms with van der Waals surface area (Å²) in [6.45, 7) is 6.08. The lowest BCUT2D eigenvalue weighted by Crippen LogP contribution is -2.52. The predicted molar refractivity (Wildman–Crippen MR) is 86.5 cm³/mol. The van der Waals surface area contributed by atoms with Crippen molar-refractivity contribution in [1.82, 2.24) is 10.2 Å². The van der Waals surface area contributed by atoms with Gasteiger partial charge in [0.2, 0.25) is 5.91 Å². The second-order valence-electron chi connectivity index (χ2n) is 5.78. The van der Waals surface area contributed by atoms with E-state index in [1.165, 1.54) is 0 Å². The van der Waals surface area contributed by atoms with E-state index >= 15 is 0 Å². The summed E-state index contributed by atoms with van der Waals surface area (Å²) >= 11 is 0. The fraction of sp³-hybridized carbons (Fsp3) is 0.562. The summed E-state index contributed by atoms with van der Waals surface area (Å²) < 4.78 is 24.5. The zero-order valence-corrected chi connectivity index (χ0v) is 14.0. The van der Waals surface area contributed by atoms with E-state index < -0.39 is 9.84 Å². The number of piperazine rings is 1. The van der Waals surface area contributed by atoms with Gasteiger partial charge in [-0.1, -0.05) is 24.6 Å². The highest BCUT2D eigenvalue weighted by atomic mass is 32.2.